The van der Waals surface area contributed by atoms with E-state index < -0.39 is 7.06 Å². The molecule has 0 amide bonds. The molecule has 5 aromatic rings. The zero-order valence-electron chi connectivity index (χ0n) is 16.5. The topological polar surface area (TPSA) is 35.5 Å². The molecule has 0 radical (unpaired) electrons. The fraction of sp³-hybridized carbons (Fsp3) is 0. The van der Waals surface area contributed by atoms with E-state index in [1.807, 2.05) is 78.9 Å². The van der Waals surface area contributed by atoms with Crippen molar-refractivity contribution < 1.29 is 13.8 Å². The molecule has 0 aromatic heterocycles. The number of hydrogen-bond acceptors (Lipinski definition) is 3. The van der Waals surface area contributed by atoms with Crippen molar-refractivity contribution >= 4 is 44.7 Å². The molecule has 0 fully saturated rings. The standard InChI is InChI=1S/C27H17O3P/c28-27(20-8-2-1-3-9-20)31(23-16-6-12-18-10-4-14-21(29-31)25(18)23)24-17-7-13-19-11-5-15-22(30-31)26(19)24/h1-17H. The van der Waals surface area contributed by atoms with Gasteiger partial charge >= 0.3 is 179 Å². The van der Waals surface area contributed by atoms with Crippen molar-refractivity contribution in [2.24, 2.45) is 0 Å². The predicted octanol–water partition coefficient (Wildman–Crippen LogP) is 5.95. The van der Waals surface area contributed by atoms with Crippen LogP contribution in [0, 0.1) is 0 Å². The Hall–Kier alpha value is -3.68. The first-order valence-electron chi connectivity index (χ1n) is 10.3. The molecule has 0 saturated heterocycles. The monoisotopic (exact) mass is 420 g/mol. The number of carbonyl (C=O) groups is 1. The zero-order valence-corrected chi connectivity index (χ0v) is 17.4. The average molecular weight is 420 g/mol. The summed E-state index contributed by atoms with van der Waals surface area (Å²) in [5.41, 5.74) is 0.494. The second kappa shape index (κ2) is 5.51. The average Bonchev–Trinajstić information content (AvgIpc) is 3.29. The fourth-order valence-corrected chi connectivity index (χ4v) is 10.2. The third kappa shape index (κ3) is 1.83. The minimum absolute atomic E-state index is 0.0981. The van der Waals surface area contributed by atoms with Crippen molar-refractivity contribution in [3.05, 3.63) is 109 Å². The quantitative estimate of drug-likeness (QED) is 0.331. The van der Waals surface area contributed by atoms with Crippen LogP contribution in [0.15, 0.2) is 103 Å². The molecule has 2 aliphatic heterocycles. The third-order valence-electron chi connectivity index (χ3n) is 6.50. The van der Waals surface area contributed by atoms with Crippen LogP contribution in [0.1, 0.15) is 10.4 Å². The van der Waals surface area contributed by atoms with Gasteiger partial charge in [-0.15, -0.1) is 0 Å². The van der Waals surface area contributed by atoms with Gasteiger partial charge in [-0.05, 0) is 0 Å². The molecule has 0 bridgehead atoms. The number of benzene rings is 5. The maximum absolute atomic E-state index is 14.6. The Labute approximate surface area is 178 Å². The summed E-state index contributed by atoms with van der Waals surface area (Å²) >= 11 is 0. The van der Waals surface area contributed by atoms with Crippen LogP contribution in [0.3, 0.4) is 0 Å². The summed E-state index contributed by atoms with van der Waals surface area (Å²) in [6.07, 6.45) is 0. The molecular weight excluding hydrogens is 403 g/mol. The molecule has 3 nitrogen and oxygen atoms in total. The first-order valence-corrected chi connectivity index (χ1v) is 12.4. The van der Waals surface area contributed by atoms with Crippen LogP contribution < -0.4 is 19.7 Å². The third-order valence-corrected chi connectivity index (χ3v) is 11.1. The van der Waals surface area contributed by atoms with Gasteiger partial charge in [-0.1, -0.05) is 0 Å². The molecule has 31 heavy (non-hydrogen) atoms. The van der Waals surface area contributed by atoms with Crippen LogP contribution in [0.5, 0.6) is 11.5 Å². The second-order valence-electron chi connectivity index (χ2n) is 8.07. The molecule has 0 saturated carbocycles. The van der Waals surface area contributed by atoms with Gasteiger partial charge < -0.3 is 0 Å². The van der Waals surface area contributed by atoms with E-state index in [1.165, 1.54) is 0 Å². The van der Waals surface area contributed by atoms with E-state index in [0.717, 1.165) is 32.2 Å². The summed E-state index contributed by atoms with van der Waals surface area (Å²) in [6.45, 7) is 0. The van der Waals surface area contributed by atoms with Crippen molar-refractivity contribution in [2.45, 2.75) is 0 Å². The molecule has 0 unspecified atom stereocenters. The van der Waals surface area contributed by atoms with Crippen LogP contribution in [-0.4, -0.2) is 5.52 Å². The van der Waals surface area contributed by atoms with Gasteiger partial charge in [0.2, 0.25) is 0 Å². The fourth-order valence-electron chi connectivity index (χ4n) is 5.24. The summed E-state index contributed by atoms with van der Waals surface area (Å²) in [6, 6.07) is 33.5. The number of hydrogen-bond donors (Lipinski definition) is 0. The first kappa shape index (κ1) is 17.0. The molecule has 2 aliphatic rings. The Morgan fingerprint density at radius 3 is 1.55 bits per heavy atom. The van der Waals surface area contributed by atoms with Crippen molar-refractivity contribution in [1.82, 2.24) is 0 Å². The van der Waals surface area contributed by atoms with Crippen molar-refractivity contribution in [3.63, 3.8) is 0 Å². The van der Waals surface area contributed by atoms with Gasteiger partial charge in [-0.3, -0.25) is 0 Å². The summed E-state index contributed by atoms with van der Waals surface area (Å²) in [4.78, 5) is 14.6. The van der Waals surface area contributed by atoms with E-state index in [0.29, 0.717) is 17.1 Å². The van der Waals surface area contributed by atoms with Gasteiger partial charge in [0.15, 0.2) is 0 Å². The van der Waals surface area contributed by atoms with Crippen molar-refractivity contribution in [2.75, 3.05) is 0 Å². The normalized spacial score (nSPS) is 17.7. The van der Waals surface area contributed by atoms with E-state index in [1.54, 1.807) is 0 Å². The Kier molecular flexibility index (Phi) is 3.03. The molecule has 7 rings (SSSR count). The Morgan fingerprint density at radius 1 is 0.548 bits per heavy atom. The van der Waals surface area contributed by atoms with E-state index in [9.17, 15) is 4.79 Å². The second-order valence-corrected chi connectivity index (χ2v) is 11.7. The summed E-state index contributed by atoms with van der Waals surface area (Å²) in [5, 5.41) is 5.75. The molecule has 5 aromatic carbocycles. The Balaban J connectivity index is 1.70. The molecular formula is C27H17O3P. The van der Waals surface area contributed by atoms with Gasteiger partial charge in [-0.25, -0.2) is 0 Å². The minimum atomic E-state index is -4.23. The zero-order chi connectivity index (χ0) is 20.7. The van der Waals surface area contributed by atoms with Gasteiger partial charge in [0.25, 0.3) is 0 Å². The van der Waals surface area contributed by atoms with E-state index >= 15 is 0 Å². The van der Waals surface area contributed by atoms with Crippen LogP contribution in [0.4, 0.5) is 0 Å². The Bertz CT molecular complexity index is 1470. The molecule has 2 heterocycles. The van der Waals surface area contributed by atoms with E-state index in [4.69, 9.17) is 9.05 Å². The maximum atomic E-state index is 14.6. The van der Waals surface area contributed by atoms with Crippen LogP contribution in [-0.2, 0) is 0 Å². The summed E-state index contributed by atoms with van der Waals surface area (Å²) in [7, 11) is -4.23. The number of fused-ring (bicyclic) bond motifs is 2. The number of rotatable bonds is 2. The van der Waals surface area contributed by atoms with Gasteiger partial charge in [0, 0.05) is 0 Å². The van der Waals surface area contributed by atoms with Crippen LogP contribution in [0.2, 0.25) is 0 Å². The van der Waals surface area contributed by atoms with Gasteiger partial charge in [0.1, 0.15) is 0 Å². The van der Waals surface area contributed by atoms with E-state index in [2.05, 4.69) is 24.3 Å². The molecule has 0 aliphatic carbocycles. The van der Waals surface area contributed by atoms with Crippen LogP contribution in [0.25, 0.3) is 21.5 Å². The summed E-state index contributed by atoms with van der Waals surface area (Å²) in [5.74, 6) is 1.42. The van der Waals surface area contributed by atoms with Crippen molar-refractivity contribution in [3.8, 4) is 11.5 Å². The van der Waals surface area contributed by atoms with Crippen molar-refractivity contribution in [1.29, 1.82) is 0 Å². The molecule has 0 N–H and O–H groups in total. The van der Waals surface area contributed by atoms with Crippen LogP contribution >= 0.6 is 7.06 Å². The Morgan fingerprint density at radius 2 is 1.03 bits per heavy atom. The van der Waals surface area contributed by atoms with Gasteiger partial charge in [-0.2, -0.15) is 0 Å². The number of carbonyl (C=O) groups excluding carboxylic acids is 1. The summed E-state index contributed by atoms with van der Waals surface area (Å²) < 4.78 is 13.8. The van der Waals surface area contributed by atoms with E-state index in [-0.39, 0.29) is 5.52 Å². The first-order chi connectivity index (χ1) is 15.2. The molecule has 4 heteroatoms. The molecule has 148 valence electrons. The predicted molar refractivity (Wildman–Crippen MR) is 126 cm³/mol. The van der Waals surface area contributed by atoms with Gasteiger partial charge in [0.05, 0.1) is 0 Å². The SMILES string of the molecule is O=C(c1ccccc1)P12(Oc3cccc4cccc1c34)Oc1cccc3cccc2c13. The molecule has 0 atom stereocenters. The molecule has 1 spiro atoms.